The van der Waals surface area contributed by atoms with Gasteiger partial charge in [-0.1, -0.05) is 11.6 Å². The summed E-state index contributed by atoms with van der Waals surface area (Å²) < 4.78 is 6.47. The molecule has 3 aromatic rings. The fourth-order valence-corrected chi connectivity index (χ4v) is 3.78. The van der Waals surface area contributed by atoms with Gasteiger partial charge in [0.25, 0.3) is 0 Å². The molecule has 0 radical (unpaired) electrons. The summed E-state index contributed by atoms with van der Waals surface area (Å²) in [4.78, 5) is 3.46. The molecule has 0 saturated heterocycles. The van der Waals surface area contributed by atoms with E-state index in [0.29, 0.717) is 0 Å². The van der Waals surface area contributed by atoms with E-state index in [4.69, 9.17) is 4.74 Å². The first kappa shape index (κ1) is 16.8. The van der Waals surface area contributed by atoms with Crippen molar-refractivity contribution in [3.63, 3.8) is 0 Å². The number of phenolic OH excluding ortho intramolecular Hbond substituents is 1. The molecular formula is C23H25NO2. The maximum absolute atomic E-state index is 9.78. The van der Waals surface area contributed by atoms with Crippen molar-refractivity contribution in [3.05, 3.63) is 53.1 Å². The van der Waals surface area contributed by atoms with E-state index in [1.165, 1.54) is 5.57 Å². The Morgan fingerprint density at radius 2 is 2.04 bits per heavy atom. The third-order valence-electron chi connectivity index (χ3n) is 5.19. The van der Waals surface area contributed by atoms with Gasteiger partial charge in [0.2, 0.25) is 0 Å². The van der Waals surface area contributed by atoms with E-state index < -0.39 is 0 Å². The van der Waals surface area contributed by atoms with Crippen molar-refractivity contribution >= 4 is 27.9 Å². The van der Waals surface area contributed by atoms with Crippen LogP contribution in [0.1, 0.15) is 44.7 Å². The number of allylic oxidation sites excluding steroid dienone is 2. The number of hydrogen-bond donors (Lipinski definition) is 2. The first-order valence-electron chi connectivity index (χ1n) is 9.16. The average Bonchev–Trinajstić information content (AvgIpc) is 2.92. The molecule has 2 N–H and O–H groups in total. The lowest BCUT2D eigenvalue weighted by Gasteiger charge is -2.32. The van der Waals surface area contributed by atoms with E-state index in [0.717, 1.165) is 51.5 Å². The van der Waals surface area contributed by atoms with Crippen LogP contribution >= 0.6 is 0 Å². The summed E-state index contributed by atoms with van der Waals surface area (Å²) in [6.07, 6.45) is 8.58. The zero-order chi connectivity index (χ0) is 18.5. The van der Waals surface area contributed by atoms with Gasteiger partial charge in [-0.05, 0) is 76.5 Å². The van der Waals surface area contributed by atoms with Gasteiger partial charge >= 0.3 is 0 Å². The van der Waals surface area contributed by atoms with E-state index in [1.807, 2.05) is 6.07 Å². The number of phenols is 1. The van der Waals surface area contributed by atoms with Crippen LogP contribution in [0, 0.1) is 6.92 Å². The van der Waals surface area contributed by atoms with Crippen molar-refractivity contribution in [3.8, 4) is 11.5 Å². The standard InChI is InChI=1S/C23H25NO2/c1-14(2)6-5-10-23(4)11-9-18-21-19(12-15(3)22(18)26-23)17-8-7-16(25)13-20(17)24-21/h6-9,11-13,24-25H,5,10H2,1-4H3/t23-/m1/s1. The van der Waals surface area contributed by atoms with Gasteiger partial charge in [0.1, 0.15) is 17.1 Å². The lowest BCUT2D eigenvalue weighted by atomic mass is 9.92. The molecule has 0 unspecified atom stereocenters. The highest BCUT2D eigenvalue weighted by atomic mass is 16.5. The molecular weight excluding hydrogens is 322 g/mol. The number of hydrogen-bond acceptors (Lipinski definition) is 2. The van der Waals surface area contributed by atoms with Gasteiger partial charge in [-0.15, -0.1) is 0 Å². The quantitative estimate of drug-likeness (QED) is 0.550. The second-order valence-corrected chi connectivity index (χ2v) is 7.78. The number of aromatic nitrogens is 1. The number of rotatable bonds is 3. The molecule has 3 heteroatoms. The lowest BCUT2D eigenvalue weighted by Crippen LogP contribution is -2.32. The maximum Gasteiger partial charge on any atom is 0.132 e. The molecule has 1 aromatic heterocycles. The molecule has 0 spiro atoms. The molecule has 1 aliphatic heterocycles. The number of aryl methyl sites for hydroxylation is 1. The van der Waals surface area contributed by atoms with Crippen LogP contribution in [-0.4, -0.2) is 15.7 Å². The lowest BCUT2D eigenvalue weighted by molar-refractivity contribution is 0.128. The summed E-state index contributed by atoms with van der Waals surface area (Å²) in [7, 11) is 0. The first-order valence-corrected chi connectivity index (χ1v) is 9.16. The number of nitrogens with one attached hydrogen (secondary N) is 1. The molecule has 1 aliphatic rings. The smallest absolute Gasteiger partial charge is 0.132 e. The zero-order valence-electron chi connectivity index (χ0n) is 15.8. The molecule has 134 valence electrons. The van der Waals surface area contributed by atoms with Crippen LogP contribution in [-0.2, 0) is 0 Å². The van der Waals surface area contributed by atoms with E-state index in [9.17, 15) is 5.11 Å². The van der Waals surface area contributed by atoms with Gasteiger partial charge in [-0.25, -0.2) is 0 Å². The minimum atomic E-state index is -0.290. The fourth-order valence-electron chi connectivity index (χ4n) is 3.78. The zero-order valence-corrected chi connectivity index (χ0v) is 15.8. The summed E-state index contributed by atoms with van der Waals surface area (Å²) >= 11 is 0. The molecule has 26 heavy (non-hydrogen) atoms. The normalized spacial score (nSPS) is 18.8. The fraction of sp³-hybridized carbons (Fsp3) is 0.304. The molecule has 4 rings (SSSR count). The monoisotopic (exact) mass is 347 g/mol. The maximum atomic E-state index is 9.78. The van der Waals surface area contributed by atoms with Gasteiger partial charge in [0, 0.05) is 22.4 Å². The molecule has 3 nitrogen and oxygen atoms in total. The van der Waals surface area contributed by atoms with Crippen LogP contribution in [0.25, 0.3) is 27.9 Å². The van der Waals surface area contributed by atoms with Gasteiger partial charge < -0.3 is 14.8 Å². The number of benzene rings is 2. The summed E-state index contributed by atoms with van der Waals surface area (Å²) in [5.41, 5.74) is 5.29. The summed E-state index contributed by atoms with van der Waals surface area (Å²) in [5, 5.41) is 12.1. The minimum Gasteiger partial charge on any atom is -0.508 e. The predicted molar refractivity (Wildman–Crippen MR) is 109 cm³/mol. The van der Waals surface area contributed by atoms with Gasteiger partial charge in [-0.2, -0.15) is 0 Å². The van der Waals surface area contributed by atoms with E-state index in [2.05, 4.69) is 57.0 Å². The molecule has 2 aromatic carbocycles. The van der Waals surface area contributed by atoms with Crippen molar-refractivity contribution in [1.29, 1.82) is 0 Å². The molecule has 0 bridgehead atoms. The van der Waals surface area contributed by atoms with Crippen molar-refractivity contribution in [1.82, 2.24) is 4.98 Å². The number of aromatic amines is 1. The number of aromatic hydroxyl groups is 1. The van der Waals surface area contributed by atoms with Crippen LogP contribution in [0.4, 0.5) is 0 Å². The van der Waals surface area contributed by atoms with Gasteiger partial charge in [-0.3, -0.25) is 0 Å². The van der Waals surface area contributed by atoms with E-state index >= 15 is 0 Å². The second-order valence-electron chi connectivity index (χ2n) is 7.78. The minimum absolute atomic E-state index is 0.272. The van der Waals surface area contributed by atoms with Crippen molar-refractivity contribution < 1.29 is 9.84 Å². The van der Waals surface area contributed by atoms with Crippen molar-refractivity contribution in [2.24, 2.45) is 0 Å². The Balaban J connectivity index is 1.80. The number of fused-ring (bicyclic) bond motifs is 5. The Morgan fingerprint density at radius 1 is 1.23 bits per heavy atom. The Labute approximate surface area is 154 Å². The SMILES string of the molecule is CC(C)=CCC[C@]1(C)C=Cc2c(c(C)cc3c2[nH]c2cc(O)ccc23)O1. The predicted octanol–water partition coefficient (Wildman–Crippen LogP) is 6.25. The number of ether oxygens (including phenoxy) is 1. The molecule has 0 fully saturated rings. The molecule has 0 amide bonds. The van der Waals surface area contributed by atoms with Crippen molar-refractivity contribution in [2.45, 2.75) is 46.1 Å². The number of H-pyrrole nitrogens is 1. The largest absolute Gasteiger partial charge is 0.508 e. The molecule has 0 aliphatic carbocycles. The molecule has 1 atom stereocenters. The summed E-state index contributed by atoms with van der Waals surface area (Å²) in [6.45, 7) is 8.51. The Bertz CT molecular complexity index is 1070. The first-order chi connectivity index (χ1) is 12.4. The molecule has 0 saturated carbocycles. The van der Waals surface area contributed by atoms with Crippen LogP contribution < -0.4 is 4.74 Å². The highest BCUT2D eigenvalue weighted by Gasteiger charge is 2.29. The Hall–Kier alpha value is -2.68. The summed E-state index contributed by atoms with van der Waals surface area (Å²) in [5.74, 6) is 1.23. The Morgan fingerprint density at radius 3 is 2.81 bits per heavy atom. The van der Waals surface area contributed by atoms with Gasteiger partial charge in [0.05, 0.1) is 11.0 Å². The van der Waals surface area contributed by atoms with Crippen LogP contribution in [0.3, 0.4) is 0 Å². The van der Waals surface area contributed by atoms with E-state index in [1.54, 1.807) is 12.1 Å². The van der Waals surface area contributed by atoms with E-state index in [-0.39, 0.29) is 11.4 Å². The summed E-state index contributed by atoms with van der Waals surface area (Å²) in [6, 6.07) is 7.65. The van der Waals surface area contributed by atoms with Crippen LogP contribution in [0.15, 0.2) is 42.0 Å². The third kappa shape index (κ3) is 2.78. The van der Waals surface area contributed by atoms with Crippen LogP contribution in [0.2, 0.25) is 0 Å². The van der Waals surface area contributed by atoms with Gasteiger partial charge in [0.15, 0.2) is 0 Å². The highest BCUT2D eigenvalue weighted by molar-refractivity contribution is 6.11. The highest BCUT2D eigenvalue weighted by Crippen LogP contribution is 2.42. The molecule has 2 heterocycles. The van der Waals surface area contributed by atoms with Crippen molar-refractivity contribution in [2.75, 3.05) is 0 Å². The topological polar surface area (TPSA) is 45.2 Å². The van der Waals surface area contributed by atoms with Crippen LogP contribution in [0.5, 0.6) is 11.5 Å². The second kappa shape index (κ2) is 5.94. The Kier molecular flexibility index (Phi) is 3.83. The third-order valence-corrected chi connectivity index (χ3v) is 5.19. The average molecular weight is 347 g/mol.